The van der Waals surface area contributed by atoms with Gasteiger partial charge < -0.3 is 23.7 Å². The first kappa shape index (κ1) is 23.9. The van der Waals surface area contributed by atoms with Crippen molar-refractivity contribution in [3.63, 3.8) is 0 Å². The second-order valence-corrected chi connectivity index (χ2v) is 7.54. The van der Waals surface area contributed by atoms with Crippen LogP contribution in [0.4, 0.5) is 22.0 Å². The summed E-state index contributed by atoms with van der Waals surface area (Å²) in [6.07, 6.45) is -0.611. The Morgan fingerprint density at radius 2 is 1.58 bits per heavy atom. The minimum atomic E-state index is -4.70. The highest BCUT2D eigenvalue weighted by atomic mass is 19.4. The van der Waals surface area contributed by atoms with Crippen LogP contribution >= 0.6 is 0 Å². The Morgan fingerprint density at radius 1 is 0.968 bits per heavy atom. The summed E-state index contributed by atoms with van der Waals surface area (Å²) < 4.78 is 91.4. The second kappa shape index (κ2) is 10.7. The SMILES string of the molecule is CC=C[C@H]1CO[C@H](CC[C@H]2CO[C@H](c3cc(F)c(OCC(F)(F)F)c(F)c3)OC2)OC1. The molecule has 1 aromatic carbocycles. The highest BCUT2D eigenvalue weighted by molar-refractivity contribution is 5.32. The molecule has 10 heteroatoms. The third-order valence-electron chi connectivity index (χ3n) is 4.91. The molecule has 2 aliphatic heterocycles. The van der Waals surface area contributed by atoms with Gasteiger partial charge in [-0.15, -0.1) is 0 Å². The van der Waals surface area contributed by atoms with Gasteiger partial charge in [0.15, 0.2) is 36.6 Å². The predicted molar refractivity (Wildman–Crippen MR) is 99.3 cm³/mol. The Kier molecular flexibility index (Phi) is 8.26. The van der Waals surface area contributed by atoms with E-state index in [0.29, 0.717) is 32.8 Å². The summed E-state index contributed by atoms with van der Waals surface area (Å²) in [5, 5.41) is 0. The number of allylic oxidation sites excluding steroid dienone is 1. The van der Waals surface area contributed by atoms with Crippen molar-refractivity contribution < 1.29 is 45.6 Å². The summed E-state index contributed by atoms with van der Waals surface area (Å²) in [4.78, 5) is 0. The summed E-state index contributed by atoms with van der Waals surface area (Å²) in [6, 6.07) is 1.70. The Labute approximate surface area is 177 Å². The third kappa shape index (κ3) is 7.13. The van der Waals surface area contributed by atoms with E-state index < -0.39 is 36.5 Å². The van der Waals surface area contributed by atoms with E-state index in [0.717, 1.165) is 18.6 Å². The zero-order chi connectivity index (χ0) is 22.4. The van der Waals surface area contributed by atoms with E-state index in [9.17, 15) is 22.0 Å². The first-order chi connectivity index (χ1) is 14.7. The highest BCUT2D eigenvalue weighted by Gasteiger charge is 2.31. The van der Waals surface area contributed by atoms with Crippen molar-refractivity contribution in [1.29, 1.82) is 0 Å². The van der Waals surface area contributed by atoms with Crippen molar-refractivity contribution in [2.75, 3.05) is 33.0 Å². The number of hydrogen-bond acceptors (Lipinski definition) is 5. The zero-order valence-corrected chi connectivity index (χ0v) is 17.0. The molecule has 0 bridgehead atoms. The Balaban J connectivity index is 1.45. The van der Waals surface area contributed by atoms with Gasteiger partial charge in [0.2, 0.25) is 0 Å². The van der Waals surface area contributed by atoms with Crippen LogP contribution in [-0.4, -0.2) is 45.5 Å². The van der Waals surface area contributed by atoms with Crippen LogP contribution in [0.2, 0.25) is 0 Å². The van der Waals surface area contributed by atoms with Crippen molar-refractivity contribution in [2.24, 2.45) is 11.8 Å². The Hall–Kier alpha value is -1.75. The minimum Gasteiger partial charge on any atom is -0.478 e. The van der Waals surface area contributed by atoms with Gasteiger partial charge in [0.05, 0.1) is 26.4 Å². The molecule has 5 nitrogen and oxygen atoms in total. The molecule has 0 amide bonds. The average Bonchev–Trinajstić information content (AvgIpc) is 2.72. The monoisotopic (exact) mass is 452 g/mol. The molecule has 1 aromatic rings. The van der Waals surface area contributed by atoms with Gasteiger partial charge in [0.25, 0.3) is 0 Å². The lowest BCUT2D eigenvalue weighted by Gasteiger charge is -2.32. The van der Waals surface area contributed by atoms with E-state index in [4.69, 9.17) is 18.9 Å². The normalized spacial score (nSPS) is 27.5. The van der Waals surface area contributed by atoms with Crippen molar-refractivity contribution in [3.05, 3.63) is 41.5 Å². The molecular weight excluding hydrogens is 427 g/mol. The lowest BCUT2D eigenvalue weighted by molar-refractivity contribution is -0.217. The van der Waals surface area contributed by atoms with Gasteiger partial charge in [-0.05, 0) is 31.9 Å². The molecule has 0 atom stereocenters. The van der Waals surface area contributed by atoms with Crippen LogP contribution in [0.3, 0.4) is 0 Å². The van der Waals surface area contributed by atoms with Crippen LogP contribution in [0, 0.1) is 23.5 Å². The molecule has 0 aromatic heterocycles. The minimum absolute atomic E-state index is 0.0294. The van der Waals surface area contributed by atoms with E-state index >= 15 is 0 Å². The van der Waals surface area contributed by atoms with Gasteiger partial charge in [0, 0.05) is 17.4 Å². The topological polar surface area (TPSA) is 46.2 Å². The molecule has 0 N–H and O–H groups in total. The van der Waals surface area contributed by atoms with Gasteiger partial charge in [-0.2, -0.15) is 13.2 Å². The molecule has 31 heavy (non-hydrogen) atoms. The summed E-state index contributed by atoms with van der Waals surface area (Å²) in [7, 11) is 0. The lowest BCUT2D eigenvalue weighted by Crippen LogP contribution is -2.33. The number of alkyl halides is 3. The van der Waals surface area contributed by atoms with Gasteiger partial charge in [0.1, 0.15) is 0 Å². The average molecular weight is 452 g/mol. The van der Waals surface area contributed by atoms with Crippen molar-refractivity contribution in [3.8, 4) is 5.75 Å². The van der Waals surface area contributed by atoms with Crippen molar-refractivity contribution in [2.45, 2.75) is 38.5 Å². The molecule has 2 aliphatic rings. The molecule has 0 spiro atoms. The van der Waals surface area contributed by atoms with E-state index in [1.165, 1.54) is 0 Å². The smallest absolute Gasteiger partial charge is 0.422 e. The van der Waals surface area contributed by atoms with Gasteiger partial charge in [-0.3, -0.25) is 0 Å². The number of ether oxygens (including phenoxy) is 5. The number of halogens is 5. The van der Waals surface area contributed by atoms with Crippen LogP contribution in [0.25, 0.3) is 0 Å². The zero-order valence-electron chi connectivity index (χ0n) is 17.0. The van der Waals surface area contributed by atoms with Crippen LogP contribution in [0.1, 0.15) is 31.6 Å². The number of rotatable bonds is 7. The molecule has 0 saturated carbocycles. The number of hydrogen-bond donors (Lipinski definition) is 0. The largest absolute Gasteiger partial charge is 0.478 e. The summed E-state index contributed by atoms with van der Waals surface area (Å²) in [5.74, 6) is -3.28. The molecule has 2 saturated heterocycles. The molecule has 0 radical (unpaired) electrons. The van der Waals surface area contributed by atoms with E-state index in [1.807, 2.05) is 19.1 Å². The van der Waals surface area contributed by atoms with Crippen LogP contribution in [-0.2, 0) is 18.9 Å². The third-order valence-corrected chi connectivity index (χ3v) is 4.91. The second-order valence-electron chi connectivity index (χ2n) is 7.54. The molecule has 2 fully saturated rings. The molecule has 174 valence electrons. The van der Waals surface area contributed by atoms with E-state index in [2.05, 4.69) is 4.74 Å². The Morgan fingerprint density at radius 3 is 2.13 bits per heavy atom. The first-order valence-electron chi connectivity index (χ1n) is 10.0. The van der Waals surface area contributed by atoms with Gasteiger partial charge in [-0.25, -0.2) is 8.78 Å². The quantitative estimate of drug-likeness (QED) is 0.435. The molecule has 3 rings (SSSR count). The van der Waals surface area contributed by atoms with E-state index in [-0.39, 0.29) is 23.7 Å². The Bertz CT molecular complexity index is 715. The molecule has 2 heterocycles. The maximum absolute atomic E-state index is 14.0. The van der Waals surface area contributed by atoms with Gasteiger partial charge >= 0.3 is 6.18 Å². The lowest BCUT2D eigenvalue weighted by atomic mass is 10.0. The fourth-order valence-electron chi connectivity index (χ4n) is 3.39. The fourth-order valence-corrected chi connectivity index (χ4v) is 3.39. The predicted octanol–water partition coefficient (Wildman–Crippen LogP) is 4.91. The highest BCUT2D eigenvalue weighted by Crippen LogP contribution is 2.32. The van der Waals surface area contributed by atoms with Crippen molar-refractivity contribution in [1.82, 2.24) is 0 Å². The van der Waals surface area contributed by atoms with Crippen LogP contribution in [0.5, 0.6) is 5.75 Å². The van der Waals surface area contributed by atoms with Crippen LogP contribution in [0.15, 0.2) is 24.3 Å². The maximum atomic E-state index is 14.0. The standard InChI is InChI=1S/C21H25F5O5/c1-2-3-13-8-27-18(28-9-13)5-4-14-10-29-20(30-11-14)15-6-16(22)19(17(23)7-15)31-12-21(24,25)26/h2-3,6-7,13-14,18,20H,4-5,8-12H2,1H3/t13-,14-,18-,20-. The summed E-state index contributed by atoms with van der Waals surface area (Å²) in [6.45, 7) is 1.97. The fraction of sp³-hybridized carbons (Fsp3) is 0.619. The first-order valence-corrected chi connectivity index (χ1v) is 10.0. The van der Waals surface area contributed by atoms with Crippen molar-refractivity contribution >= 4 is 0 Å². The van der Waals surface area contributed by atoms with Gasteiger partial charge in [-0.1, -0.05) is 12.2 Å². The molecule has 0 aliphatic carbocycles. The number of benzene rings is 1. The maximum Gasteiger partial charge on any atom is 0.422 e. The summed E-state index contributed by atoms with van der Waals surface area (Å²) >= 11 is 0. The van der Waals surface area contributed by atoms with Crippen LogP contribution < -0.4 is 4.74 Å². The molecule has 0 unspecified atom stereocenters. The summed E-state index contributed by atoms with van der Waals surface area (Å²) in [5.41, 5.74) is 0.0294. The van der Waals surface area contributed by atoms with E-state index in [1.54, 1.807) is 0 Å². The molecular formula is C21H25F5O5.